The van der Waals surface area contributed by atoms with Crippen LogP contribution in [0.15, 0.2) is 55.0 Å². The van der Waals surface area contributed by atoms with E-state index in [1.807, 2.05) is 42.7 Å². The molecule has 2 heterocycles. The standard InChI is InChI=1S/C21H23N5O2S/c1-29-9-8-28-20-14-25-18(13-26-20)19(27)11-15-4-2-5-16(10-15)12-24-17-6-3-7-23-21(17)22/h2-7,10,13-14,24H,8-9,11-12H2,1H3,(H2,22,23). The van der Waals surface area contributed by atoms with Gasteiger partial charge in [0, 0.05) is 24.9 Å². The van der Waals surface area contributed by atoms with E-state index in [2.05, 4.69) is 20.3 Å². The summed E-state index contributed by atoms with van der Waals surface area (Å²) >= 11 is 1.69. The molecular formula is C21H23N5O2S. The van der Waals surface area contributed by atoms with Gasteiger partial charge in [0.1, 0.15) is 11.5 Å². The minimum absolute atomic E-state index is 0.0882. The fourth-order valence-electron chi connectivity index (χ4n) is 2.65. The van der Waals surface area contributed by atoms with Gasteiger partial charge >= 0.3 is 0 Å². The summed E-state index contributed by atoms with van der Waals surface area (Å²) < 4.78 is 5.46. The van der Waals surface area contributed by atoms with E-state index in [9.17, 15) is 4.79 Å². The number of rotatable bonds is 10. The lowest BCUT2D eigenvalue weighted by Crippen LogP contribution is -2.09. The zero-order chi connectivity index (χ0) is 20.5. The highest BCUT2D eigenvalue weighted by Gasteiger charge is 2.10. The first-order valence-electron chi connectivity index (χ1n) is 9.15. The van der Waals surface area contributed by atoms with Gasteiger partial charge in [-0.1, -0.05) is 24.3 Å². The van der Waals surface area contributed by atoms with Crippen molar-refractivity contribution in [3.8, 4) is 5.88 Å². The molecule has 0 unspecified atom stereocenters. The third kappa shape index (κ3) is 6.18. The zero-order valence-corrected chi connectivity index (χ0v) is 17.0. The predicted octanol–water partition coefficient (Wildman–Crippen LogP) is 3.23. The minimum Gasteiger partial charge on any atom is -0.476 e. The van der Waals surface area contributed by atoms with Crippen molar-refractivity contribution in [1.29, 1.82) is 0 Å². The second-order valence-electron chi connectivity index (χ2n) is 6.29. The van der Waals surface area contributed by atoms with Gasteiger partial charge in [-0.05, 0) is 29.5 Å². The maximum Gasteiger partial charge on any atom is 0.232 e. The number of carbonyl (C=O) groups excluding carboxylic acids is 1. The summed E-state index contributed by atoms with van der Waals surface area (Å²) in [5, 5.41) is 3.26. The molecule has 0 bridgehead atoms. The lowest BCUT2D eigenvalue weighted by molar-refractivity contribution is 0.0987. The molecule has 2 aromatic heterocycles. The van der Waals surface area contributed by atoms with Crippen molar-refractivity contribution in [2.24, 2.45) is 0 Å². The molecule has 3 rings (SSSR count). The molecule has 0 saturated carbocycles. The number of nitrogens with two attached hydrogens (primary N) is 1. The van der Waals surface area contributed by atoms with Gasteiger partial charge in [-0.3, -0.25) is 4.79 Å². The van der Waals surface area contributed by atoms with E-state index in [-0.39, 0.29) is 12.2 Å². The van der Waals surface area contributed by atoms with Gasteiger partial charge in [0.15, 0.2) is 5.78 Å². The zero-order valence-electron chi connectivity index (χ0n) is 16.2. The van der Waals surface area contributed by atoms with Gasteiger partial charge in [0.2, 0.25) is 5.88 Å². The average Bonchev–Trinajstić information content (AvgIpc) is 2.74. The number of nitrogens with one attached hydrogen (secondary N) is 1. The quantitative estimate of drug-likeness (QED) is 0.389. The normalized spacial score (nSPS) is 10.5. The molecule has 29 heavy (non-hydrogen) atoms. The van der Waals surface area contributed by atoms with E-state index in [4.69, 9.17) is 10.5 Å². The first-order chi connectivity index (χ1) is 14.2. The Kier molecular flexibility index (Phi) is 7.40. The van der Waals surface area contributed by atoms with Crippen LogP contribution in [0.1, 0.15) is 21.6 Å². The van der Waals surface area contributed by atoms with Crippen LogP contribution in [0, 0.1) is 0 Å². The maximum absolute atomic E-state index is 12.5. The first-order valence-corrected chi connectivity index (χ1v) is 10.5. The Morgan fingerprint density at radius 2 is 2.00 bits per heavy atom. The van der Waals surface area contributed by atoms with Gasteiger partial charge in [-0.2, -0.15) is 11.8 Å². The molecule has 8 heteroatoms. The van der Waals surface area contributed by atoms with Gasteiger partial charge in [-0.25, -0.2) is 15.0 Å². The van der Waals surface area contributed by atoms with Crippen LogP contribution in [-0.4, -0.2) is 39.4 Å². The third-order valence-corrected chi connectivity index (χ3v) is 4.70. The van der Waals surface area contributed by atoms with E-state index < -0.39 is 0 Å². The Labute approximate surface area is 174 Å². The van der Waals surface area contributed by atoms with Crippen molar-refractivity contribution in [3.05, 3.63) is 71.8 Å². The van der Waals surface area contributed by atoms with E-state index in [1.165, 1.54) is 12.4 Å². The summed E-state index contributed by atoms with van der Waals surface area (Å²) in [6.45, 7) is 1.15. The first kappa shape index (κ1) is 20.6. The van der Waals surface area contributed by atoms with Crippen molar-refractivity contribution < 1.29 is 9.53 Å². The molecular weight excluding hydrogens is 386 g/mol. The molecule has 150 valence electrons. The summed E-state index contributed by atoms with van der Waals surface area (Å²) in [5.74, 6) is 1.67. The van der Waals surface area contributed by atoms with Crippen LogP contribution >= 0.6 is 11.8 Å². The smallest absolute Gasteiger partial charge is 0.232 e. The second-order valence-corrected chi connectivity index (χ2v) is 7.28. The fourth-order valence-corrected chi connectivity index (χ4v) is 2.90. The molecule has 7 nitrogen and oxygen atoms in total. The molecule has 3 aromatic rings. The van der Waals surface area contributed by atoms with Crippen LogP contribution in [0.25, 0.3) is 0 Å². The minimum atomic E-state index is -0.0882. The Bertz CT molecular complexity index is 950. The number of hydrogen-bond acceptors (Lipinski definition) is 8. The Morgan fingerprint density at radius 1 is 1.14 bits per heavy atom. The highest BCUT2D eigenvalue weighted by Crippen LogP contribution is 2.16. The van der Waals surface area contributed by atoms with Crippen molar-refractivity contribution in [2.45, 2.75) is 13.0 Å². The topological polar surface area (TPSA) is 103 Å². The number of nitrogen functional groups attached to an aromatic ring is 1. The summed E-state index contributed by atoms with van der Waals surface area (Å²) in [5.41, 5.74) is 8.91. The third-order valence-electron chi connectivity index (χ3n) is 4.13. The van der Waals surface area contributed by atoms with Gasteiger partial charge in [0.05, 0.1) is 24.7 Å². The Morgan fingerprint density at radius 3 is 2.76 bits per heavy atom. The molecule has 1 aromatic carbocycles. The Balaban J connectivity index is 1.58. The van der Waals surface area contributed by atoms with Crippen molar-refractivity contribution >= 4 is 29.1 Å². The SMILES string of the molecule is CSCCOc1cnc(C(=O)Cc2cccc(CNc3cccnc3N)c2)cn1. The predicted molar refractivity (Wildman–Crippen MR) is 116 cm³/mol. The molecule has 0 radical (unpaired) electrons. The second kappa shape index (κ2) is 10.4. The van der Waals surface area contributed by atoms with Crippen LogP contribution in [0.3, 0.4) is 0 Å². The molecule has 0 atom stereocenters. The number of carbonyl (C=O) groups is 1. The summed E-state index contributed by atoms with van der Waals surface area (Å²) in [6, 6.07) is 11.5. The van der Waals surface area contributed by atoms with Crippen LogP contribution < -0.4 is 15.8 Å². The number of ketones is 1. The number of anilines is 2. The number of ether oxygens (including phenoxy) is 1. The average molecular weight is 410 g/mol. The van der Waals surface area contributed by atoms with Crippen molar-refractivity contribution in [2.75, 3.05) is 29.7 Å². The fraction of sp³-hybridized carbons (Fsp3) is 0.238. The van der Waals surface area contributed by atoms with Crippen LogP contribution in [0.4, 0.5) is 11.5 Å². The van der Waals surface area contributed by atoms with Crippen molar-refractivity contribution in [1.82, 2.24) is 15.0 Å². The highest BCUT2D eigenvalue weighted by atomic mass is 32.2. The lowest BCUT2D eigenvalue weighted by Gasteiger charge is -2.09. The molecule has 0 saturated heterocycles. The molecule has 0 aliphatic rings. The monoisotopic (exact) mass is 409 g/mol. The number of pyridine rings is 1. The summed E-state index contributed by atoms with van der Waals surface area (Å²) in [4.78, 5) is 24.9. The van der Waals surface area contributed by atoms with E-state index in [1.54, 1.807) is 18.0 Å². The number of Topliss-reactive ketones (excluding diaryl/α,β-unsaturated/α-hetero) is 1. The maximum atomic E-state index is 12.5. The van der Waals surface area contributed by atoms with Crippen LogP contribution in [-0.2, 0) is 13.0 Å². The van der Waals surface area contributed by atoms with Crippen molar-refractivity contribution in [3.63, 3.8) is 0 Å². The number of nitrogens with zero attached hydrogens (tertiary/aromatic N) is 3. The molecule has 0 spiro atoms. The number of thioether (sulfide) groups is 1. The number of aromatic nitrogens is 3. The molecule has 0 fully saturated rings. The van der Waals surface area contributed by atoms with Gasteiger partial charge in [-0.15, -0.1) is 0 Å². The van der Waals surface area contributed by atoms with E-state index >= 15 is 0 Å². The molecule has 0 aliphatic heterocycles. The molecule has 3 N–H and O–H groups in total. The summed E-state index contributed by atoms with van der Waals surface area (Å²) in [6.07, 6.45) is 6.87. The van der Waals surface area contributed by atoms with Crippen LogP contribution in [0.5, 0.6) is 5.88 Å². The summed E-state index contributed by atoms with van der Waals surface area (Å²) in [7, 11) is 0. The molecule has 0 amide bonds. The van der Waals surface area contributed by atoms with Gasteiger partial charge < -0.3 is 15.8 Å². The van der Waals surface area contributed by atoms with E-state index in [0.717, 1.165) is 22.6 Å². The number of hydrogen-bond donors (Lipinski definition) is 2. The van der Waals surface area contributed by atoms with E-state index in [0.29, 0.717) is 30.5 Å². The largest absolute Gasteiger partial charge is 0.476 e. The highest BCUT2D eigenvalue weighted by molar-refractivity contribution is 7.98. The molecule has 0 aliphatic carbocycles. The van der Waals surface area contributed by atoms with Gasteiger partial charge in [0.25, 0.3) is 0 Å². The van der Waals surface area contributed by atoms with Crippen LogP contribution in [0.2, 0.25) is 0 Å². The Hall–Kier alpha value is -3.13. The number of benzene rings is 1. The lowest BCUT2D eigenvalue weighted by atomic mass is 10.0.